The highest BCUT2D eigenvalue weighted by molar-refractivity contribution is 5.90. The molecular formula is C23H27N9O. The molecule has 0 unspecified atom stereocenters. The fraction of sp³-hybridized carbons (Fsp3) is 0.435. The molecule has 0 saturated carbocycles. The summed E-state index contributed by atoms with van der Waals surface area (Å²) in [6.07, 6.45) is 4.00. The molecule has 10 nitrogen and oxygen atoms in total. The summed E-state index contributed by atoms with van der Waals surface area (Å²) in [5.74, 6) is 1.46. The van der Waals surface area contributed by atoms with Crippen LogP contribution in [0.5, 0.6) is 0 Å². The predicted molar refractivity (Wildman–Crippen MR) is 128 cm³/mol. The number of aromatic nitrogens is 4. The summed E-state index contributed by atoms with van der Waals surface area (Å²) < 4.78 is 0. The number of nitriles is 1. The highest BCUT2D eigenvalue weighted by Gasteiger charge is 2.23. The first kappa shape index (κ1) is 21.2. The van der Waals surface area contributed by atoms with Crippen molar-refractivity contribution >= 4 is 34.0 Å². The molecule has 2 aromatic heterocycles. The van der Waals surface area contributed by atoms with E-state index in [4.69, 9.17) is 10.2 Å². The van der Waals surface area contributed by atoms with Gasteiger partial charge in [0.15, 0.2) is 0 Å². The molecule has 3 aromatic rings. The molecular weight excluding hydrogens is 418 g/mol. The number of piperazine rings is 1. The average Bonchev–Trinajstić information content (AvgIpc) is 2.86. The summed E-state index contributed by atoms with van der Waals surface area (Å²) in [4.78, 5) is 26.4. The number of nitrogens with zero attached hydrogens (tertiary/aromatic N) is 6. The first-order valence-corrected chi connectivity index (χ1v) is 11.4. The lowest BCUT2D eigenvalue weighted by Crippen LogP contribution is -2.43. The van der Waals surface area contributed by atoms with Gasteiger partial charge in [0.25, 0.3) is 5.56 Å². The van der Waals surface area contributed by atoms with Crippen molar-refractivity contribution in [1.82, 2.24) is 25.5 Å². The third kappa shape index (κ3) is 4.59. The molecule has 4 heterocycles. The maximum atomic E-state index is 12.6. The largest absolute Gasteiger partial charge is 0.369 e. The van der Waals surface area contributed by atoms with Crippen molar-refractivity contribution in [3.05, 3.63) is 40.8 Å². The van der Waals surface area contributed by atoms with Gasteiger partial charge in [-0.3, -0.25) is 4.79 Å². The summed E-state index contributed by atoms with van der Waals surface area (Å²) >= 11 is 0. The van der Waals surface area contributed by atoms with Crippen LogP contribution in [0, 0.1) is 17.2 Å². The second-order valence-electron chi connectivity index (χ2n) is 8.53. The maximum Gasteiger partial charge on any atom is 0.277 e. The summed E-state index contributed by atoms with van der Waals surface area (Å²) in [6.45, 7) is 5.52. The van der Waals surface area contributed by atoms with E-state index < -0.39 is 0 Å². The first-order valence-electron chi connectivity index (χ1n) is 11.4. The number of benzene rings is 1. The Labute approximate surface area is 191 Å². The van der Waals surface area contributed by atoms with Crippen molar-refractivity contribution in [1.29, 1.82) is 5.26 Å². The van der Waals surface area contributed by atoms with Gasteiger partial charge in [0.1, 0.15) is 16.7 Å². The highest BCUT2D eigenvalue weighted by Crippen LogP contribution is 2.28. The van der Waals surface area contributed by atoms with Gasteiger partial charge >= 0.3 is 0 Å². The Morgan fingerprint density at radius 1 is 1.06 bits per heavy atom. The molecule has 3 N–H and O–H groups in total. The van der Waals surface area contributed by atoms with Crippen molar-refractivity contribution in [2.75, 3.05) is 54.4 Å². The minimum atomic E-state index is -0.327. The second-order valence-corrected chi connectivity index (χ2v) is 8.53. The van der Waals surface area contributed by atoms with Crippen LogP contribution >= 0.6 is 0 Å². The Balaban J connectivity index is 1.42. The lowest BCUT2D eigenvalue weighted by atomic mass is 9.94. The average molecular weight is 446 g/mol. The quantitative estimate of drug-likeness (QED) is 0.540. The third-order valence-corrected chi connectivity index (χ3v) is 6.39. The Bertz CT molecular complexity index is 1200. The van der Waals surface area contributed by atoms with Crippen molar-refractivity contribution < 1.29 is 0 Å². The van der Waals surface area contributed by atoms with Crippen LogP contribution in [0.3, 0.4) is 0 Å². The molecule has 0 aliphatic carbocycles. The van der Waals surface area contributed by atoms with Crippen molar-refractivity contribution in [3.8, 4) is 6.07 Å². The fourth-order valence-corrected chi connectivity index (χ4v) is 4.50. The summed E-state index contributed by atoms with van der Waals surface area (Å²) in [7, 11) is 0. The molecule has 10 heteroatoms. The predicted octanol–water partition coefficient (Wildman–Crippen LogP) is 2.00. The minimum Gasteiger partial charge on any atom is -0.369 e. The summed E-state index contributed by atoms with van der Waals surface area (Å²) in [5, 5.41) is 22.5. The lowest BCUT2D eigenvalue weighted by molar-refractivity contribution is 0.409. The van der Waals surface area contributed by atoms with Crippen LogP contribution in [0.2, 0.25) is 0 Å². The van der Waals surface area contributed by atoms with Crippen LogP contribution in [-0.4, -0.2) is 59.4 Å². The number of piperidine rings is 1. The molecule has 5 rings (SSSR count). The number of anilines is 4. The molecule has 0 atom stereocenters. The lowest BCUT2D eigenvalue weighted by Gasteiger charge is -2.31. The Morgan fingerprint density at radius 3 is 2.55 bits per heavy atom. The minimum absolute atomic E-state index is 0.327. The molecule has 2 aliphatic heterocycles. The Hall–Kier alpha value is -3.71. The van der Waals surface area contributed by atoms with Crippen LogP contribution in [0.1, 0.15) is 19.3 Å². The zero-order valence-corrected chi connectivity index (χ0v) is 18.4. The zero-order chi connectivity index (χ0) is 22.6. The standard InChI is InChI=1S/C23H27N9O/c24-8-5-16-6-11-32(12-7-16)23-28-19-15-26-30-22(33)20(19)21(29-23)27-17-1-3-18(4-2-17)31-13-9-25-10-14-31/h1-4,15-16,25H,5-7,9-14H2,(H,30,33)(H,27,28,29). The van der Waals surface area contributed by atoms with Crippen LogP contribution in [0.15, 0.2) is 35.3 Å². The summed E-state index contributed by atoms with van der Waals surface area (Å²) in [6, 6.07) is 10.5. The maximum absolute atomic E-state index is 12.6. The molecule has 0 bridgehead atoms. The number of fused-ring (bicyclic) bond motifs is 1. The molecule has 33 heavy (non-hydrogen) atoms. The highest BCUT2D eigenvalue weighted by atomic mass is 16.1. The molecule has 2 fully saturated rings. The number of H-pyrrole nitrogens is 1. The van der Waals surface area contributed by atoms with Crippen LogP contribution < -0.4 is 26.0 Å². The normalized spacial score (nSPS) is 17.2. The van der Waals surface area contributed by atoms with E-state index in [1.54, 1.807) is 6.20 Å². The number of aromatic amines is 1. The molecule has 0 radical (unpaired) electrons. The Morgan fingerprint density at radius 2 is 1.82 bits per heavy atom. The number of nitrogens with one attached hydrogen (secondary N) is 3. The molecule has 1 aromatic carbocycles. The van der Waals surface area contributed by atoms with Crippen molar-refractivity contribution in [2.45, 2.75) is 19.3 Å². The van der Waals surface area contributed by atoms with E-state index >= 15 is 0 Å². The van der Waals surface area contributed by atoms with Gasteiger partial charge in [0.2, 0.25) is 5.95 Å². The van der Waals surface area contributed by atoms with E-state index in [1.165, 1.54) is 5.69 Å². The number of rotatable bonds is 5. The first-order chi connectivity index (χ1) is 16.2. The Kier molecular flexibility index (Phi) is 6.04. The van der Waals surface area contributed by atoms with Gasteiger partial charge in [0, 0.05) is 57.1 Å². The van der Waals surface area contributed by atoms with E-state index in [0.29, 0.717) is 35.0 Å². The van der Waals surface area contributed by atoms with E-state index in [2.05, 4.69) is 53.8 Å². The second kappa shape index (κ2) is 9.42. The summed E-state index contributed by atoms with van der Waals surface area (Å²) in [5.41, 5.74) is 2.20. The van der Waals surface area contributed by atoms with E-state index in [9.17, 15) is 4.79 Å². The molecule has 0 amide bonds. The molecule has 0 spiro atoms. The topological polar surface area (TPSA) is 126 Å². The van der Waals surface area contributed by atoms with Crippen LogP contribution in [-0.2, 0) is 0 Å². The van der Waals surface area contributed by atoms with E-state index in [0.717, 1.165) is 57.8 Å². The van der Waals surface area contributed by atoms with Gasteiger partial charge in [-0.25, -0.2) is 10.1 Å². The molecule has 170 valence electrons. The van der Waals surface area contributed by atoms with Crippen molar-refractivity contribution in [2.24, 2.45) is 5.92 Å². The third-order valence-electron chi connectivity index (χ3n) is 6.39. The van der Waals surface area contributed by atoms with Crippen LogP contribution in [0.25, 0.3) is 10.9 Å². The van der Waals surface area contributed by atoms with E-state index in [-0.39, 0.29) is 5.56 Å². The SMILES string of the molecule is N#CCC1CCN(c2nc(Nc3ccc(N4CCNCC4)cc3)c3c(=O)[nH]ncc3n2)CC1. The molecule has 2 aliphatic rings. The van der Waals surface area contributed by atoms with E-state index in [1.807, 2.05) is 12.1 Å². The van der Waals surface area contributed by atoms with Gasteiger partial charge in [-0.2, -0.15) is 15.3 Å². The van der Waals surface area contributed by atoms with Gasteiger partial charge in [-0.05, 0) is 43.0 Å². The van der Waals surface area contributed by atoms with Gasteiger partial charge in [0.05, 0.1) is 12.3 Å². The van der Waals surface area contributed by atoms with Gasteiger partial charge in [-0.1, -0.05) is 0 Å². The number of hydrogen-bond acceptors (Lipinski definition) is 9. The van der Waals surface area contributed by atoms with Gasteiger partial charge < -0.3 is 20.4 Å². The van der Waals surface area contributed by atoms with Gasteiger partial charge in [-0.15, -0.1) is 0 Å². The molecule has 2 saturated heterocycles. The monoisotopic (exact) mass is 445 g/mol. The van der Waals surface area contributed by atoms with Crippen molar-refractivity contribution in [3.63, 3.8) is 0 Å². The zero-order valence-electron chi connectivity index (χ0n) is 18.4. The number of hydrogen-bond donors (Lipinski definition) is 3. The van der Waals surface area contributed by atoms with Crippen LogP contribution in [0.4, 0.5) is 23.1 Å². The fourth-order valence-electron chi connectivity index (χ4n) is 4.50. The smallest absolute Gasteiger partial charge is 0.277 e.